The van der Waals surface area contributed by atoms with Crippen molar-refractivity contribution in [3.63, 3.8) is 0 Å². The summed E-state index contributed by atoms with van der Waals surface area (Å²) in [4.78, 5) is 13.5. The Morgan fingerprint density at radius 2 is 2.11 bits per heavy atom. The summed E-state index contributed by atoms with van der Waals surface area (Å²) in [5, 5.41) is 1.07. The average molecular weight is 337 g/mol. The molecule has 0 aliphatic carbocycles. The van der Waals surface area contributed by atoms with E-state index < -0.39 is 6.49 Å². The molecule has 0 aromatic carbocycles. The maximum Gasteiger partial charge on any atom is 0.183 e. The van der Waals surface area contributed by atoms with Gasteiger partial charge in [0.1, 0.15) is 5.03 Å². The Hall–Kier alpha value is 0.420. The zero-order valence-corrected chi connectivity index (χ0v) is 14.4. The minimum Gasteiger partial charge on any atom is -0.345 e. The van der Waals surface area contributed by atoms with E-state index in [0.717, 1.165) is 23.6 Å². The number of rotatable bonds is 10. The van der Waals surface area contributed by atoms with Crippen molar-refractivity contribution in [1.82, 2.24) is 4.98 Å². The molecule has 3 nitrogen and oxygen atoms in total. The number of hydrogen-bond acceptors (Lipinski definition) is 5. The number of nitrogens with zero attached hydrogens (tertiary/aromatic N) is 1. The molecule has 19 heavy (non-hydrogen) atoms. The van der Waals surface area contributed by atoms with Crippen LogP contribution in [0.1, 0.15) is 25.7 Å². The van der Waals surface area contributed by atoms with Crippen LogP contribution < -0.4 is 0 Å². The number of hydrogen-bond donors (Lipinski definition) is 1. The monoisotopic (exact) mass is 337 g/mol. The van der Waals surface area contributed by atoms with Crippen LogP contribution in [0.25, 0.3) is 0 Å². The van der Waals surface area contributed by atoms with Crippen LogP contribution in [0.4, 0.5) is 0 Å². The van der Waals surface area contributed by atoms with Crippen LogP contribution in [-0.2, 0) is 16.3 Å². The van der Waals surface area contributed by atoms with Crippen LogP contribution in [0.3, 0.4) is 0 Å². The predicted octanol–water partition coefficient (Wildman–Crippen LogP) is 4.33. The first-order chi connectivity index (χ1) is 9.08. The fourth-order valence-electron chi connectivity index (χ4n) is 1.35. The van der Waals surface area contributed by atoms with Crippen LogP contribution >= 0.6 is 28.1 Å². The van der Waals surface area contributed by atoms with Gasteiger partial charge in [0, 0.05) is 18.6 Å². The molecule has 0 saturated heterocycles. The van der Waals surface area contributed by atoms with Crippen molar-refractivity contribution in [1.29, 1.82) is 0 Å². The van der Waals surface area contributed by atoms with E-state index in [1.165, 1.54) is 12.8 Å². The molecular formula is C12H20NO2PS3. The van der Waals surface area contributed by atoms with Crippen molar-refractivity contribution >= 4 is 39.9 Å². The molecule has 0 bridgehead atoms. The quantitative estimate of drug-likeness (QED) is 0.389. The van der Waals surface area contributed by atoms with Crippen molar-refractivity contribution < 1.29 is 9.42 Å². The van der Waals surface area contributed by atoms with Crippen LogP contribution in [0.15, 0.2) is 29.4 Å². The summed E-state index contributed by atoms with van der Waals surface area (Å²) in [7, 11) is 3.58. The van der Waals surface area contributed by atoms with Gasteiger partial charge in [-0.15, -0.1) is 0 Å². The van der Waals surface area contributed by atoms with Gasteiger partial charge in [-0.1, -0.05) is 29.7 Å². The third-order valence-electron chi connectivity index (χ3n) is 2.23. The van der Waals surface area contributed by atoms with Crippen molar-refractivity contribution in [2.24, 2.45) is 0 Å². The maximum absolute atomic E-state index is 9.29. The Kier molecular flexibility index (Phi) is 9.37. The first-order valence-electron chi connectivity index (χ1n) is 6.23. The second-order valence-electron chi connectivity index (χ2n) is 4.12. The minimum atomic E-state index is -2.45. The standard InChI is InChI=1S/C12H20NO2PS3/c1-16(14,17)15-10-6-2-3-7-11-18-19-12-8-4-5-9-13-12/h4-5,8-9H,2-3,6-7,10-11H2,1H3,(H,14,17)/t16-/m0/s1. The minimum absolute atomic E-state index is 0.583. The van der Waals surface area contributed by atoms with Crippen LogP contribution in [0.5, 0.6) is 0 Å². The highest BCUT2D eigenvalue weighted by Gasteiger charge is 2.03. The first kappa shape index (κ1) is 17.5. The first-order valence-corrected chi connectivity index (χ1v) is 11.7. The summed E-state index contributed by atoms with van der Waals surface area (Å²) in [6, 6.07) is 5.96. The molecule has 1 N–H and O–H groups in total. The largest absolute Gasteiger partial charge is 0.345 e. The third-order valence-corrected chi connectivity index (χ3v) is 5.56. The Morgan fingerprint density at radius 1 is 1.32 bits per heavy atom. The molecule has 0 amide bonds. The fourth-order valence-corrected chi connectivity index (χ4v) is 4.07. The average Bonchev–Trinajstić information content (AvgIpc) is 2.37. The number of aromatic nitrogens is 1. The van der Waals surface area contributed by atoms with E-state index >= 15 is 0 Å². The Balaban J connectivity index is 1.88. The molecule has 0 fully saturated rings. The van der Waals surface area contributed by atoms with Gasteiger partial charge in [0.25, 0.3) is 0 Å². The maximum atomic E-state index is 9.29. The number of unbranched alkanes of at least 4 members (excludes halogenated alkanes) is 3. The molecular weight excluding hydrogens is 317 g/mol. The highest BCUT2D eigenvalue weighted by Crippen LogP contribution is 2.37. The summed E-state index contributed by atoms with van der Waals surface area (Å²) in [6.45, 7) is -0.273. The topological polar surface area (TPSA) is 42.4 Å². The highest BCUT2D eigenvalue weighted by molar-refractivity contribution is 8.76. The van der Waals surface area contributed by atoms with E-state index in [4.69, 9.17) is 16.3 Å². The predicted molar refractivity (Wildman–Crippen MR) is 89.4 cm³/mol. The van der Waals surface area contributed by atoms with Gasteiger partial charge in [0.2, 0.25) is 0 Å². The summed E-state index contributed by atoms with van der Waals surface area (Å²) < 4.78 is 5.18. The molecule has 0 radical (unpaired) electrons. The molecule has 1 heterocycles. The molecule has 1 atom stereocenters. The molecule has 1 aromatic rings. The third kappa shape index (κ3) is 10.8. The fraction of sp³-hybridized carbons (Fsp3) is 0.583. The van der Waals surface area contributed by atoms with Gasteiger partial charge in [-0.05, 0) is 47.6 Å². The van der Waals surface area contributed by atoms with Gasteiger partial charge >= 0.3 is 0 Å². The zero-order valence-electron chi connectivity index (χ0n) is 11.0. The summed E-state index contributed by atoms with van der Waals surface area (Å²) in [5.41, 5.74) is 0. The van der Waals surface area contributed by atoms with E-state index in [1.807, 2.05) is 35.2 Å². The zero-order chi connectivity index (χ0) is 14.0. The molecule has 1 aromatic heterocycles. The lowest BCUT2D eigenvalue weighted by atomic mass is 10.2. The molecule has 1 rings (SSSR count). The Labute approximate surface area is 128 Å². The van der Waals surface area contributed by atoms with E-state index in [0.29, 0.717) is 6.61 Å². The summed E-state index contributed by atoms with van der Waals surface area (Å²) in [5.74, 6) is 1.13. The second kappa shape index (κ2) is 10.2. The van der Waals surface area contributed by atoms with E-state index in [9.17, 15) is 4.89 Å². The Bertz CT molecular complexity index is 386. The van der Waals surface area contributed by atoms with Gasteiger partial charge in [0.15, 0.2) is 6.49 Å². The van der Waals surface area contributed by atoms with E-state index in [1.54, 1.807) is 17.5 Å². The van der Waals surface area contributed by atoms with Crippen molar-refractivity contribution in [3.05, 3.63) is 24.4 Å². The van der Waals surface area contributed by atoms with Gasteiger partial charge < -0.3 is 9.42 Å². The van der Waals surface area contributed by atoms with Gasteiger partial charge in [-0.25, -0.2) is 4.98 Å². The molecule has 7 heteroatoms. The van der Waals surface area contributed by atoms with E-state index in [-0.39, 0.29) is 0 Å². The van der Waals surface area contributed by atoms with Gasteiger partial charge in [-0.2, -0.15) is 0 Å². The summed E-state index contributed by atoms with van der Waals surface area (Å²) >= 11 is 4.80. The highest BCUT2D eigenvalue weighted by atomic mass is 33.1. The van der Waals surface area contributed by atoms with Crippen LogP contribution in [-0.4, -0.2) is 28.9 Å². The smallest absolute Gasteiger partial charge is 0.183 e. The van der Waals surface area contributed by atoms with Gasteiger partial charge in [0.05, 0.1) is 6.61 Å². The molecule has 0 spiro atoms. The van der Waals surface area contributed by atoms with E-state index in [2.05, 4.69) is 4.98 Å². The lowest BCUT2D eigenvalue weighted by Crippen LogP contribution is -1.91. The molecule has 0 saturated carbocycles. The molecule has 0 aliphatic rings. The Morgan fingerprint density at radius 3 is 2.79 bits per heavy atom. The van der Waals surface area contributed by atoms with Gasteiger partial charge in [-0.3, -0.25) is 0 Å². The second-order valence-corrected chi connectivity index (χ2v) is 10.5. The van der Waals surface area contributed by atoms with Crippen molar-refractivity contribution in [2.45, 2.75) is 30.7 Å². The number of pyridine rings is 1. The van der Waals surface area contributed by atoms with Crippen LogP contribution in [0.2, 0.25) is 0 Å². The SMILES string of the molecule is C[P@@](O)(=S)OCCCCCCSSc1ccccn1. The summed E-state index contributed by atoms with van der Waals surface area (Å²) in [6.07, 6.45) is 6.32. The molecule has 108 valence electrons. The normalized spacial score (nSPS) is 14.2. The lowest BCUT2D eigenvalue weighted by molar-refractivity contribution is 0.300. The van der Waals surface area contributed by atoms with Crippen LogP contribution in [0, 0.1) is 0 Å². The molecule has 0 unspecified atom stereocenters. The van der Waals surface area contributed by atoms with Crippen molar-refractivity contribution in [3.8, 4) is 0 Å². The lowest BCUT2D eigenvalue weighted by Gasteiger charge is -2.09. The molecule has 0 aliphatic heterocycles. The van der Waals surface area contributed by atoms with Crippen molar-refractivity contribution in [2.75, 3.05) is 19.0 Å².